The standard InChI is InChI=1S/C21H26BrF3N4S/c1-2-3-5-14-6-10-16(11-7-14)27-20(30)26-12-4-13-29-18(15-8-9-15)17(22)19(28-29)21(23,24)25/h6-7,10-11,15H,2-5,8-9,12-13H2,1H3,(H2,26,27,30). The lowest BCUT2D eigenvalue weighted by atomic mass is 10.1. The highest BCUT2D eigenvalue weighted by molar-refractivity contribution is 9.10. The molecule has 1 aliphatic carbocycles. The lowest BCUT2D eigenvalue weighted by molar-refractivity contribution is -0.142. The summed E-state index contributed by atoms with van der Waals surface area (Å²) in [5.41, 5.74) is 2.04. The third-order valence-corrected chi connectivity index (χ3v) is 6.06. The van der Waals surface area contributed by atoms with Crippen molar-refractivity contribution in [2.45, 2.75) is 64.1 Å². The second-order valence-electron chi connectivity index (χ2n) is 7.58. The predicted molar refractivity (Wildman–Crippen MR) is 121 cm³/mol. The van der Waals surface area contributed by atoms with Crippen molar-refractivity contribution < 1.29 is 13.2 Å². The van der Waals surface area contributed by atoms with Crippen LogP contribution in [-0.2, 0) is 19.1 Å². The largest absolute Gasteiger partial charge is 0.436 e. The minimum absolute atomic E-state index is 0.0880. The maximum Gasteiger partial charge on any atom is 0.436 e. The number of hydrogen-bond acceptors (Lipinski definition) is 2. The van der Waals surface area contributed by atoms with E-state index in [2.05, 4.69) is 50.7 Å². The van der Waals surface area contributed by atoms with Crippen LogP contribution in [0.25, 0.3) is 0 Å². The molecule has 1 heterocycles. The molecular weight excluding hydrogens is 477 g/mol. The number of halogens is 4. The van der Waals surface area contributed by atoms with E-state index in [0.29, 0.717) is 30.3 Å². The molecule has 0 bridgehead atoms. The molecule has 0 amide bonds. The van der Waals surface area contributed by atoms with Gasteiger partial charge in [-0.2, -0.15) is 18.3 Å². The fourth-order valence-electron chi connectivity index (χ4n) is 3.29. The number of benzene rings is 1. The molecule has 3 rings (SSSR count). The van der Waals surface area contributed by atoms with Crippen molar-refractivity contribution in [2.24, 2.45) is 0 Å². The lowest BCUT2D eigenvalue weighted by Gasteiger charge is -2.12. The van der Waals surface area contributed by atoms with E-state index in [4.69, 9.17) is 12.2 Å². The highest BCUT2D eigenvalue weighted by atomic mass is 79.9. The number of alkyl halides is 3. The first-order valence-corrected chi connectivity index (χ1v) is 11.5. The number of aryl methyl sites for hydroxylation is 2. The van der Waals surface area contributed by atoms with Gasteiger partial charge in [0, 0.05) is 24.7 Å². The Morgan fingerprint density at radius 3 is 2.53 bits per heavy atom. The Labute approximate surface area is 188 Å². The second-order valence-corrected chi connectivity index (χ2v) is 8.78. The van der Waals surface area contributed by atoms with Gasteiger partial charge in [-0.05, 0) is 77.9 Å². The molecule has 2 N–H and O–H groups in total. The zero-order chi connectivity index (χ0) is 21.7. The summed E-state index contributed by atoms with van der Waals surface area (Å²) in [5, 5.41) is 10.6. The number of thiocarbonyl (C=S) groups is 1. The number of hydrogen-bond donors (Lipinski definition) is 2. The summed E-state index contributed by atoms with van der Waals surface area (Å²) in [5.74, 6) is 0.166. The van der Waals surface area contributed by atoms with Crippen LogP contribution < -0.4 is 10.6 Å². The van der Waals surface area contributed by atoms with Gasteiger partial charge < -0.3 is 10.6 Å². The zero-order valence-electron chi connectivity index (χ0n) is 16.9. The van der Waals surface area contributed by atoms with Crippen LogP contribution in [0, 0.1) is 0 Å². The van der Waals surface area contributed by atoms with E-state index in [1.54, 1.807) is 0 Å². The summed E-state index contributed by atoms with van der Waals surface area (Å²) >= 11 is 8.44. The molecule has 4 nitrogen and oxygen atoms in total. The van der Waals surface area contributed by atoms with E-state index >= 15 is 0 Å². The average Bonchev–Trinajstić information content (AvgIpc) is 3.47. The van der Waals surface area contributed by atoms with Crippen LogP contribution in [0.4, 0.5) is 18.9 Å². The number of aromatic nitrogens is 2. The average molecular weight is 503 g/mol. The first-order chi connectivity index (χ1) is 14.3. The summed E-state index contributed by atoms with van der Waals surface area (Å²) in [6.07, 6.45) is 1.39. The predicted octanol–water partition coefficient (Wildman–Crippen LogP) is 6.26. The van der Waals surface area contributed by atoms with Crippen LogP contribution in [0.5, 0.6) is 0 Å². The summed E-state index contributed by atoms with van der Waals surface area (Å²) in [7, 11) is 0. The van der Waals surface area contributed by atoms with Crippen molar-refractivity contribution in [3.8, 4) is 0 Å². The summed E-state index contributed by atoms with van der Waals surface area (Å²) in [4.78, 5) is 0. The number of anilines is 1. The Morgan fingerprint density at radius 1 is 1.23 bits per heavy atom. The Kier molecular flexibility index (Phi) is 7.79. The van der Waals surface area contributed by atoms with Crippen molar-refractivity contribution in [3.63, 3.8) is 0 Å². The molecule has 1 saturated carbocycles. The molecule has 0 spiro atoms. The lowest BCUT2D eigenvalue weighted by Crippen LogP contribution is -2.30. The SMILES string of the molecule is CCCCc1ccc(NC(=S)NCCCn2nc(C(F)(F)F)c(Br)c2C2CC2)cc1. The molecule has 1 fully saturated rings. The monoisotopic (exact) mass is 502 g/mol. The van der Waals surface area contributed by atoms with Crippen LogP contribution in [0.1, 0.15) is 61.9 Å². The number of rotatable bonds is 9. The molecule has 0 unspecified atom stereocenters. The maximum absolute atomic E-state index is 13.2. The van der Waals surface area contributed by atoms with Crippen molar-refractivity contribution in [2.75, 3.05) is 11.9 Å². The van der Waals surface area contributed by atoms with Crippen molar-refractivity contribution >= 4 is 38.9 Å². The van der Waals surface area contributed by atoms with Gasteiger partial charge >= 0.3 is 6.18 Å². The van der Waals surface area contributed by atoms with Gasteiger partial charge in [-0.25, -0.2) is 0 Å². The Hall–Kier alpha value is -1.61. The Bertz CT molecular complexity index is 860. The molecule has 164 valence electrons. The Balaban J connectivity index is 1.47. The minimum atomic E-state index is -4.45. The number of nitrogens with zero attached hydrogens (tertiary/aromatic N) is 2. The topological polar surface area (TPSA) is 41.9 Å². The molecular formula is C21H26BrF3N4S. The molecule has 9 heteroatoms. The van der Waals surface area contributed by atoms with Crippen molar-refractivity contribution in [1.82, 2.24) is 15.1 Å². The molecule has 0 atom stereocenters. The van der Waals surface area contributed by atoms with Crippen LogP contribution in [0.15, 0.2) is 28.7 Å². The molecule has 0 radical (unpaired) electrons. The van der Waals surface area contributed by atoms with Gasteiger partial charge in [0.25, 0.3) is 0 Å². The van der Waals surface area contributed by atoms with E-state index in [-0.39, 0.29) is 10.4 Å². The second kappa shape index (κ2) is 10.1. The van der Waals surface area contributed by atoms with Crippen LogP contribution in [0.2, 0.25) is 0 Å². The van der Waals surface area contributed by atoms with E-state index in [1.165, 1.54) is 23.1 Å². The van der Waals surface area contributed by atoms with Crippen molar-refractivity contribution in [1.29, 1.82) is 0 Å². The third-order valence-electron chi connectivity index (χ3n) is 5.03. The Morgan fingerprint density at radius 2 is 1.93 bits per heavy atom. The molecule has 2 aromatic rings. The molecule has 1 aromatic carbocycles. The fourth-order valence-corrected chi connectivity index (χ4v) is 4.35. The zero-order valence-corrected chi connectivity index (χ0v) is 19.3. The molecule has 30 heavy (non-hydrogen) atoms. The highest BCUT2D eigenvalue weighted by Gasteiger charge is 2.41. The quantitative estimate of drug-likeness (QED) is 0.313. The van der Waals surface area contributed by atoms with Gasteiger partial charge in [0.1, 0.15) is 0 Å². The third kappa shape index (κ3) is 6.20. The highest BCUT2D eigenvalue weighted by Crippen LogP contribution is 2.46. The first kappa shape index (κ1) is 23.1. The summed E-state index contributed by atoms with van der Waals surface area (Å²) < 4.78 is 41.1. The van der Waals surface area contributed by atoms with Gasteiger partial charge in [-0.15, -0.1) is 0 Å². The van der Waals surface area contributed by atoms with E-state index < -0.39 is 11.9 Å². The van der Waals surface area contributed by atoms with E-state index in [9.17, 15) is 13.2 Å². The van der Waals surface area contributed by atoms with Gasteiger partial charge in [-0.1, -0.05) is 25.5 Å². The molecule has 0 aliphatic heterocycles. The summed E-state index contributed by atoms with van der Waals surface area (Å²) in [6.45, 7) is 3.12. The minimum Gasteiger partial charge on any atom is -0.362 e. The van der Waals surface area contributed by atoms with Gasteiger partial charge in [0.2, 0.25) is 0 Å². The number of nitrogens with one attached hydrogen (secondary N) is 2. The van der Waals surface area contributed by atoms with Crippen LogP contribution in [-0.4, -0.2) is 21.4 Å². The van der Waals surface area contributed by atoms with E-state index in [0.717, 1.165) is 24.9 Å². The fraction of sp³-hybridized carbons (Fsp3) is 0.524. The normalized spacial score (nSPS) is 14.0. The maximum atomic E-state index is 13.2. The molecule has 1 aromatic heterocycles. The smallest absolute Gasteiger partial charge is 0.362 e. The molecule has 1 aliphatic rings. The van der Waals surface area contributed by atoms with E-state index in [1.807, 2.05) is 12.1 Å². The number of unbranched alkanes of at least 4 members (excludes halogenated alkanes) is 1. The van der Waals surface area contributed by atoms with Crippen LogP contribution >= 0.6 is 28.1 Å². The van der Waals surface area contributed by atoms with Gasteiger partial charge in [0.15, 0.2) is 10.8 Å². The molecule has 0 saturated heterocycles. The van der Waals surface area contributed by atoms with Gasteiger partial charge in [-0.3, -0.25) is 4.68 Å². The van der Waals surface area contributed by atoms with Crippen LogP contribution in [0.3, 0.4) is 0 Å². The van der Waals surface area contributed by atoms with Crippen molar-refractivity contribution in [3.05, 3.63) is 45.7 Å². The summed E-state index contributed by atoms with van der Waals surface area (Å²) in [6, 6.07) is 8.18. The van der Waals surface area contributed by atoms with Gasteiger partial charge in [0.05, 0.1) is 10.2 Å². The first-order valence-electron chi connectivity index (χ1n) is 10.3.